The molecule has 4 atom stereocenters. The van der Waals surface area contributed by atoms with E-state index in [2.05, 4.69) is 0 Å². The molecule has 7 nitrogen and oxygen atoms in total. The van der Waals surface area contributed by atoms with Gasteiger partial charge in [0.25, 0.3) is 0 Å². The number of carbonyl (C=O) groups is 2. The molecule has 2 amide bonds. The molecule has 1 aromatic rings. The highest BCUT2D eigenvalue weighted by Crippen LogP contribution is 2.52. The van der Waals surface area contributed by atoms with Gasteiger partial charge in [0.05, 0.1) is 31.6 Å². The predicted octanol–water partition coefficient (Wildman–Crippen LogP) is 0.997. The van der Waals surface area contributed by atoms with Crippen LogP contribution in [-0.4, -0.2) is 86.1 Å². The third-order valence-corrected chi connectivity index (χ3v) is 6.23. The number of carbonyl (C=O) groups excluding carboxylic acids is 2. The van der Waals surface area contributed by atoms with Gasteiger partial charge in [0.1, 0.15) is 11.4 Å². The minimum absolute atomic E-state index is 0.000899. The number of fused-ring (bicyclic) bond motifs is 1. The third kappa shape index (κ3) is 3.42. The van der Waals surface area contributed by atoms with Crippen molar-refractivity contribution in [3.63, 3.8) is 0 Å². The van der Waals surface area contributed by atoms with Gasteiger partial charge in [0.2, 0.25) is 11.8 Å². The Labute approximate surface area is 171 Å². The molecule has 2 bridgehead atoms. The highest BCUT2D eigenvalue weighted by atomic mass is 16.5. The van der Waals surface area contributed by atoms with Gasteiger partial charge < -0.3 is 24.2 Å². The van der Waals surface area contributed by atoms with E-state index in [1.165, 1.54) is 0 Å². The lowest BCUT2D eigenvalue weighted by atomic mass is 9.76. The first kappa shape index (κ1) is 19.9. The predicted molar refractivity (Wildman–Crippen MR) is 108 cm³/mol. The van der Waals surface area contributed by atoms with Crippen molar-refractivity contribution in [2.45, 2.75) is 18.2 Å². The largest absolute Gasteiger partial charge is 0.497 e. The van der Waals surface area contributed by atoms with Crippen LogP contribution in [0, 0.1) is 11.8 Å². The minimum atomic E-state index is -0.677. The summed E-state index contributed by atoms with van der Waals surface area (Å²) >= 11 is 0. The zero-order valence-electron chi connectivity index (χ0n) is 17.5. The van der Waals surface area contributed by atoms with E-state index in [4.69, 9.17) is 9.47 Å². The van der Waals surface area contributed by atoms with E-state index in [0.29, 0.717) is 19.6 Å². The van der Waals surface area contributed by atoms with Crippen molar-refractivity contribution in [1.82, 2.24) is 14.7 Å². The smallest absolute Gasteiger partial charge is 0.230 e. The van der Waals surface area contributed by atoms with Crippen LogP contribution >= 0.6 is 0 Å². The molecule has 3 heterocycles. The molecule has 3 aliphatic rings. The number of rotatable bonds is 7. The number of amides is 2. The zero-order valence-corrected chi connectivity index (χ0v) is 17.5. The first-order chi connectivity index (χ1) is 13.8. The molecule has 3 aliphatic heterocycles. The van der Waals surface area contributed by atoms with E-state index in [9.17, 15) is 9.59 Å². The summed E-state index contributed by atoms with van der Waals surface area (Å²) in [5.41, 5.74) is 0.321. The number of hydrogen-bond acceptors (Lipinski definition) is 5. The molecule has 2 fully saturated rings. The van der Waals surface area contributed by atoms with Gasteiger partial charge >= 0.3 is 0 Å². The van der Waals surface area contributed by atoms with E-state index in [1.54, 1.807) is 12.0 Å². The second kappa shape index (κ2) is 7.46. The van der Waals surface area contributed by atoms with Crippen molar-refractivity contribution in [3.05, 3.63) is 42.0 Å². The van der Waals surface area contributed by atoms with Crippen LogP contribution in [0.5, 0.6) is 5.75 Å². The van der Waals surface area contributed by atoms with Crippen LogP contribution in [0.1, 0.15) is 5.56 Å². The van der Waals surface area contributed by atoms with Gasteiger partial charge in [-0.05, 0) is 31.8 Å². The van der Waals surface area contributed by atoms with Crippen LogP contribution in [0.15, 0.2) is 36.4 Å². The summed E-state index contributed by atoms with van der Waals surface area (Å²) in [5.74, 6) is -0.142. The lowest BCUT2D eigenvalue weighted by Gasteiger charge is -2.28. The maximum Gasteiger partial charge on any atom is 0.230 e. The fourth-order valence-corrected chi connectivity index (χ4v) is 4.70. The lowest BCUT2D eigenvalue weighted by molar-refractivity contribution is -0.142. The van der Waals surface area contributed by atoms with Crippen molar-refractivity contribution in [2.75, 3.05) is 47.9 Å². The molecule has 0 N–H and O–H groups in total. The van der Waals surface area contributed by atoms with Gasteiger partial charge in [-0.15, -0.1) is 0 Å². The molecule has 2 saturated heterocycles. The standard InChI is InChI=1S/C22H29N3O4/c1-23(2)10-11-24(3)20(26)18-17-8-9-22(29-17)14-25(21(27)19(18)22)13-15-6-5-7-16(12-15)28-4/h5-9,12,17-19H,10-11,13-14H2,1-4H3/t17-,18+,19+,22-/m0/s1. The van der Waals surface area contributed by atoms with Crippen molar-refractivity contribution in [1.29, 1.82) is 0 Å². The molecular formula is C22H29N3O4. The molecule has 0 unspecified atom stereocenters. The molecular weight excluding hydrogens is 370 g/mol. The molecule has 156 valence electrons. The third-order valence-electron chi connectivity index (χ3n) is 6.23. The highest BCUT2D eigenvalue weighted by molar-refractivity contribution is 5.93. The van der Waals surface area contributed by atoms with E-state index in [0.717, 1.165) is 17.9 Å². The molecule has 7 heteroatoms. The summed E-state index contributed by atoms with van der Waals surface area (Å²) in [6, 6.07) is 7.72. The lowest BCUT2D eigenvalue weighted by Crippen LogP contribution is -2.46. The molecule has 0 saturated carbocycles. The number of ether oxygens (including phenoxy) is 2. The average Bonchev–Trinajstić information content (AvgIpc) is 3.34. The maximum atomic E-state index is 13.3. The normalized spacial score (nSPS) is 29.6. The highest BCUT2D eigenvalue weighted by Gasteiger charge is 2.67. The first-order valence-corrected chi connectivity index (χ1v) is 10.0. The average molecular weight is 399 g/mol. The minimum Gasteiger partial charge on any atom is -0.497 e. The van der Waals surface area contributed by atoms with E-state index in [-0.39, 0.29) is 17.9 Å². The summed E-state index contributed by atoms with van der Waals surface area (Å²) in [6.45, 7) is 2.36. The van der Waals surface area contributed by atoms with Crippen LogP contribution in [0.3, 0.4) is 0 Å². The Bertz CT molecular complexity index is 839. The van der Waals surface area contributed by atoms with Crippen molar-refractivity contribution in [3.8, 4) is 5.75 Å². The number of hydrogen-bond donors (Lipinski definition) is 0. The van der Waals surface area contributed by atoms with Crippen LogP contribution in [-0.2, 0) is 20.9 Å². The molecule has 29 heavy (non-hydrogen) atoms. The van der Waals surface area contributed by atoms with Gasteiger partial charge in [0.15, 0.2) is 0 Å². The Morgan fingerprint density at radius 2 is 2.10 bits per heavy atom. The molecule has 4 rings (SSSR count). The van der Waals surface area contributed by atoms with Crippen LogP contribution in [0.4, 0.5) is 0 Å². The van der Waals surface area contributed by atoms with Gasteiger partial charge in [-0.3, -0.25) is 9.59 Å². The second-order valence-corrected chi connectivity index (χ2v) is 8.51. The Morgan fingerprint density at radius 3 is 2.83 bits per heavy atom. The van der Waals surface area contributed by atoms with Crippen LogP contribution in [0.25, 0.3) is 0 Å². The fourth-order valence-electron chi connectivity index (χ4n) is 4.70. The van der Waals surface area contributed by atoms with Crippen LogP contribution in [0.2, 0.25) is 0 Å². The Hall–Kier alpha value is -2.38. The SMILES string of the molecule is COc1cccc(CN2C[C@]34C=C[C@H](O3)[C@@H](C(=O)N(C)CCN(C)C)[C@@H]4C2=O)c1. The van der Waals surface area contributed by atoms with E-state index < -0.39 is 17.4 Å². The second-order valence-electron chi connectivity index (χ2n) is 8.51. The Balaban J connectivity index is 1.52. The Morgan fingerprint density at radius 1 is 1.31 bits per heavy atom. The van der Waals surface area contributed by atoms with Gasteiger partial charge in [-0.25, -0.2) is 0 Å². The van der Waals surface area contributed by atoms with Gasteiger partial charge in [0, 0.05) is 26.7 Å². The van der Waals surface area contributed by atoms with Crippen LogP contribution < -0.4 is 4.74 Å². The first-order valence-electron chi connectivity index (χ1n) is 10.0. The molecule has 0 aromatic heterocycles. The maximum absolute atomic E-state index is 13.3. The molecule has 1 spiro atoms. The Kier molecular flexibility index (Phi) is 5.12. The summed E-state index contributed by atoms with van der Waals surface area (Å²) in [6.07, 6.45) is 3.65. The summed E-state index contributed by atoms with van der Waals surface area (Å²) in [5, 5.41) is 0. The van der Waals surface area contributed by atoms with Gasteiger partial charge in [-0.2, -0.15) is 0 Å². The van der Waals surface area contributed by atoms with Crippen molar-refractivity contribution < 1.29 is 19.1 Å². The molecule has 0 aliphatic carbocycles. The van der Waals surface area contributed by atoms with E-state index >= 15 is 0 Å². The van der Waals surface area contributed by atoms with Crippen molar-refractivity contribution >= 4 is 11.8 Å². The molecule has 1 aromatic carbocycles. The fraction of sp³-hybridized carbons (Fsp3) is 0.545. The number of benzene rings is 1. The summed E-state index contributed by atoms with van der Waals surface area (Å²) in [7, 11) is 7.40. The number of nitrogens with zero attached hydrogens (tertiary/aromatic N) is 3. The number of likely N-dealkylation sites (N-methyl/N-ethyl adjacent to an activating group) is 2. The number of methoxy groups -OCH3 is 1. The quantitative estimate of drug-likeness (QED) is 0.640. The molecule has 0 radical (unpaired) electrons. The summed E-state index contributed by atoms with van der Waals surface area (Å²) in [4.78, 5) is 32.1. The van der Waals surface area contributed by atoms with E-state index in [1.807, 2.05) is 67.4 Å². The number of likely N-dealkylation sites (tertiary alicyclic amines) is 1. The topological polar surface area (TPSA) is 62.3 Å². The summed E-state index contributed by atoms with van der Waals surface area (Å²) < 4.78 is 11.5. The monoisotopic (exact) mass is 399 g/mol. The van der Waals surface area contributed by atoms with Gasteiger partial charge in [-0.1, -0.05) is 24.3 Å². The zero-order chi connectivity index (χ0) is 20.8. The van der Waals surface area contributed by atoms with Crippen molar-refractivity contribution in [2.24, 2.45) is 11.8 Å².